The van der Waals surface area contributed by atoms with Crippen LogP contribution in [0.2, 0.25) is 0 Å². The molecule has 1 N–H and O–H groups in total. The molecule has 0 aromatic carbocycles. The van der Waals surface area contributed by atoms with Crippen LogP contribution in [0.4, 0.5) is 0 Å². The fourth-order valence-corrected chi connectivity index (χ4v) is 2.98. The van der Waals surface area contributed by atoms with Crippen molar-refractivity contribution >= 4 is 0 Å². The van der Waals surface area contributed by atoms with Crippen LogP contribution < -0.4 is 5.32 Å². The summed E-state index contributed by atoms with van der Waals surface area (Å²) in [5, 5.41) is 3.39. The fourth-order valence-electron chi connectivity index (χ4n) is 2.98. The number of hydrogen-bond acceptors (Lipinski definition) is 2. The van der Waals surface area contributed by atoms with Gasteiger partial charge in [-0.25, -0.2) is 0 Å². The van der Waals surface area contributed by atoms with Crippen molar-refractivity contribution in [2.75, 3.05) is 26.7 Å². The second kappa shape index (κ2) is 5.86. The van der Waals surface area contributed by atoms with Crippen LogP contribution in [0, 0.1) is 5.41 Å². The molecule has 0 spiro atoms. The van der Waals surface area contributed by atoms with E-state index in [0.29, 0.717) is 11.5 Å². The van der Waals surface area contributed by atoms with Gasteiger partial charge < -0.3 is 10.2 Å². The molecule has 0 aromatic heterocycles. The number of nitrogens with zero attached hydrogens (tertiary/aromatic N) is 1. The van der Waals surface area contributed by atoms with Crippen LogP contribution in [0.15, 0.2) is 0 Å². The highest BCUT2D eigenvalue weighted by Crippen LogP contribution is 2.38. The Morgan fingerprint density at radius 1 is 1.27 bits per heavy atom. The van der Waals surface area contributed by atoms with E-state index in [4.69, 9.17) is 0 Å². The molecular formula is C13H28N2. The van der Waals surface area contributed by atoms with Crippen molar-refractivity contribution in [1.82, 2.24) is 10.2 Å². The van der Waals surface area contributed by atoms with Gasteiger partial charge in [0.25, 0.3) is 0 Å². The zero-order valence-electron chi connectivity index (χ0n) is 11.0. The number of rotatable bonds is 6. The first-order valence-electron chi connectivity index (χ1n) is 6.52. The Bertz CT molecular complexity index is 171. The molecule has 0 amide bonds. The third-order valence-electron chi connectivity index (χ3n) is 3.89. The normalized spacial score (nSPS) is 20.4. The van der Waals surface area contributed by atoms with Crippen molar-refractivity contribution in [2.24, 2.45) is 5.41 Å². The summed E-state index contributed by atoms with van der Waals surface area (Å²) >= 11 is 0. The summed E-state index contributed by atoms with van der Waals surface area (Å²) in [5.74, 6) is 0. The summed E-state index contributed by atoms with van der Waals surface area (Å²) in [5.41, 5.74) is 0.565. The maximum absolute atomic E-state index is 3.39. The molecule has 0 bridgehead atoms. The molecule has 0 heterocycles. The Hall–Kier alpha value is -0.0800. The van der Waals surface area contributed by atoms with Gasteiger partial charge in [0.15, 0.2) is 0 Å². The van der Waals surface area contributed by atoms with Gasteiger partial charge in [0.05, 0.1) is 0 Å². The van der Waals surface area contributed by atoms with Gasteiger partial charge in [-0.2, -0.15) is 0 Å². The highest BCUT2D eigenvalue weighted by molar-refractivity contribution is 4.89. The van der Waals surface area contributed by atoms with Crippen LogP contribution in [-0.4, -0.2) is 37.6 Å². The van der Waals surface area contributed by atoms with E-state index >= 15 is 0 Å². The maximum Gasteiger partial charge on any atom is 0.00527 e. The Morgan fingerprint density at radius 2 is 1.87 bits per heavy atom. The van der Waals surface area contributed by atoms with Gasteiger partial charge in [0.1, 0.15) is 0 Å². The molecule has 0 radical (unpaired) electrons. The molecular weight excluding hydrogens is 184 g/mol. The molecule has 15 heavy (non-hydrogen) atoms. The summed E-state index contributed by atoms with van der Waals surface area (Å²) < 4.78 is 0. The minimum Gasteiger partial charge on any atom is -0.319 e. The molecule has 0 atom stereocenters. The lowest BCUT2D eigenvalue weighted by Crippen LogP contribution is -2.44. The maximum atomic E-state index is 3.39. The first-order chi connectivity index (χ1) is 7.13. The lowest BCUT2D eigenvalue weighted by Gasteiger charge is -2.37. The van der Waals surface area contributed by atoms with Gasteiger partial charge in [-0.15, -0.1) is 0 Å². The van der Waals surface area contributed by atoms with Gasteiger partial charge in [-0.1, -0.05) is 19.8 Å². The minimum atomic E-state index is 0.565. The third-order valence-corrected chi connectivity index (χ3v) is 3.89. The molecule has 2 nitrogen and oxygen atoms in total. The van der Waals surface area contributed by atoms with E-state index in [-0.39, 0.29) is 0 Å². The van der Waals surface area contributed by atoms with Gasteiger partial charge in [-0.3, -0.25) is 0 Å². The van der Waals surface area contributed by atoms with Crippen molar-refractivity contribution in [2.45, 2.75) is 52.5 Å². The highest BCUT2D eigenvalue weighted by atomic mass is 15.2. The van der Waals surface area contributed by atoms with E-state index in [0.717, 1.165) is 0 Å². The minimum absolute atomic E-state index is 0.565. The Labute approximate surface area is 95.4 Å². The van der Waals surface area contributed by atoms with Gasteiger partial charge >= 0.3 is 0 Å². The monoisotopic (exact) mass is 212 g/mol. The van der Waals surface area contributed by atoms with Crippen molar-refractivity contribution < 1.29 is 0 Å². The largest absolute Gasteiger partial charge is 0.319 e. The molecule has 1 rings (SSSR count). The average molecular weight is 212 g/mol. The van der Waals surface area contributed by atoms with Crippen LogP contribution in [0.3, 0.4) is 0 Å². The van der Waals surface area contributed by atoms with E-state index in [9.17, 15) is 0 Å². The number of hydrogen-bond donors (Lipinski definition) is 1. The molecule has 1 saturated carbocycles. The van der Waals surface area contributed by atoms with Crippen molar-refractivity contribution in [3.8, 4) is 0 Å². The summed E-state index contributed by atoms with van der Waals surface area (Å²) in [7, 11) is 2.09. The van der Waals surface area contributed by atoms with Crippen molar-refractivity contribution in [1.29, 1.82) is 0 Å². The summed E-state index contributed by atoms with van der Waals surface area (Å²) in [6.07, 6.45) is 5.68. The lowest BCUT2D eigenvalue weighted by molar-refractivity contribution is 0.129. The van der Waals surface area contributed by atoms with E-state index in [1.807, 2.05) is 0 Å². The van der Waals surface area contributed by atoms with Crippen LogP contribution in [0.1, 0.15) is 46.5 Å². The molecule has 1 fully saturated rings. The van der Waals surface area contributed by atoms with Crippen LogP contribution >= 0.6 is 0 Å². The topological polar surface area (TPSA) is 15.3 Å². The SMILES string of the molecule is CCN(CC1(CNC)CCCC1)C(C)C. The van der Waals surface area contributed by atoms with Crippen LogP contribution in [-0.2, 0) is 0 Å². The highest BCUT2D eigenvalue weighted by Gasteiger charge is 2.34. The van der Waals surface area contributed by atoms with E-state index in [1.165, 1.54) is 45.3 Å². The second-order valence-corrected chi connectivity index (χ2v) is 5.39. The van der Waals surface area contributed by atoms with E-state index in [2.05, 4.69) is 38.0 Å². The first-order valence-corrected chi connectivity index (χ1v) is 6.52. The molecule has 0 aromatic rings. The predicted molar refractivity (Wildman–Crippen MR) is 67.2 cm³/mol. The standard InChI is InChI=1S/C13H28N2/c1-5-15(12(2)3)11-13(10-14-4)8-6-7-9-13/h12,14H,5-11H2,1-4H3. The molecule has 2 heteroatoms. The number of nitrogens with one attached hydrogen (secondary N) is 1. The molecule has 1 aliphatic rings. The summed E-state index contributed by atoms with van der Waals surface area (Å²) in [6.45, 7) is 10.6. The summed E-state index contributed by atoms with van der Waals surface area (Å²) in [4.78, 5) is 2.61. The Balaban J connectivity index is 2.56. The Morgan fingerprint density at radius 3 is 2.27 bits per heavy atom. The summed E-state index contributed by atoms with van der Waals surface area (Å²) in [6, 6.07) is 0.685. The smallest absolute Gasteiger partial charge is 0.00527 e. The van der Waals surface area contributed by atoms with Gasteiger partial charge in [0, 0.05) is 19.1 Å². The first kappa shape index (κ1) is 13.0. The quantitative estimate of drug-likeness (QED) is 0.728. The van der Waals surface area contributed by atoms with Crippen molar-refractivity contribution in [3.05, 3.63) is 0 Å². The molecule has 0 aliphatic heterocycles. The molecule has 0 saturated heterocycles. The van der Waals surface area contributed by atoms with Crippen LogP contribution in [0.5, 0.6) is 0 Å². The lowest BCUT2D eigenvalue weighted by atomic mass is 9.85. The molecule has 90 valence electrons. The van der Waals surface area contributed by atoms with Crippen LogP contribution in [0.25, 0.3) is 0 Å². The van der Waals surface area contributed by atoms with E-state index < -0.39 is 0 Å². The molecule has 0 unspecified atom stereocenters. The zero-order valence-corrected chi connectivity index (χ0v) is 11.0. The van der Waals surface area contributed by atoms with Gasteiger partial charge in [0.2, 0.25) is 0 Å². The molecule has 1 aliphatic carbocycles. The third kappa shape index (κ3) is 3.46. The van der Waals surface area contributed by atoms with Crippen molar-refractivity contribution in [3.63, 3.8) is 0 Å². The van der Waals surface area contributed by atoms with Gasteiger partial charge in [-0.05, 0) is 45.7 Å². The average Bonchev–Trinajstić information content (AvgIpc) is 2.63. The fraction of sp³-hybridized carbons (Fsp3) is 1.00. The Kier molecular flexibility index (Phi) is 5.07. The predicted octanol–water partition coefficient (Wildman–Crippen LogP) is 2.50. The zero-order chi connectivity index (χ0) is 11.3. The van der Waals surface area contributed by atoms with E-state index in [1.54, 1.807) is 0 Å². The second-order valence-electron chi connectivity index (χ2n) is 5.39.